The van der Waals surface area contributed by atoms with E-state index in [0.717, 1.165) is 0 Å². The van der Waals surface area contributed by atoms with Crippen molar-refractivity contribution >= 4 is 11.5 Å². The number of hydrogen-bond donors (Lipinski definition) is 0. The van der Waals surface area contributed by atoms with Crippen LogP contribution in [-0.4, -0.2) is 36.7 Å². The second-order valence-corrected chi connectivity index (χ2v) is 3.70. The Kier molecular flexibility index (Phi) is 4.84. The number of pyridine rings is 1. The SMILES string of the molecule is CCOCCN(C)c1cc(C)c([N+](=O)[O-])cn1. The lowest BCUT2D eigenvalue weighted by atomic mass is 10.2. The van der Waals surface area contributed by atoms with Crippen LogP contribution in [0.4, 0.5) is 11.5 Å². The van der Waals surface area contributed by atoms with Gasteiger partial charge < -0.3 is 9.64 Å². The van der Waals surface area contributed by atoms with Crippen LogP contribution in [0, 0.1) is 17.0 Å². The molecule has 0 aliphatic rings. The lowest BCUT2D eigenvalue weighted by Crippen LogP contribution is -2.23. The average Bonchev–Trinajstić information content (AvgIpc) is 2.28. The Labute approximate surface area is 100 Å². The highest BCUT2D eigenvalue weighted by atomic mass is 16.6. The molecule has 1 heterocycles. The summed E-state index contributed by atoms with van der Waals surface area (Å²) in [6.07, 6.45) is 1.29. The molecule has 0 fully saturated rings. The fourth-order valence-electron chi connectivity index (χ4n) is 1.39. The van der Waals surface area contributed by atoms with E-state index < -0.39 is 4.92 Å². The Balaban J connectivity index is 2.72. The molecule has 0 atom stereocenters. The van der Waals surface area contributed by atoms with Gasteiger partial charge in [0.1, 0.15) is 12.0 Å². The minimum absolute atomic E-state index is 0.0481. The van der Waals surface area contributed by atoms with Gasteiger partial charge in [0, 0.05) is 25.8 Å². The van der Waals surface area contributed by atoms with E-state index in [9.17, 15) is 10.1 Å². The van der Waals surface area contributed by atoms with Gasteiger partial charge in [0.05, 0.1) is 11.5 Å². The van der Waals surface area contributed by atoms with Crippen molar-refractivity contribution in [2.75, 3.05) is 31.7 Å². The third kappa shape index (κ3) is 3.67. The number of aromatic nitrogens is 1. The van der Waals surface area contributed by atoms with Gasteiger partial charge in [-0.25, -0.2) is 4.98 Å². The monoisotopic (exact) mass is 239 g/mol. The highest BCUT2D eigenvalue weighted by Crippen LogP contribution is 2.20. The van der Waals surface area contributed by atoms with Gasteiger partial charge in [0.25, 0.3) is 5.69 Å². The van der Waals surface area contributed by atoms with E-state index in [-0.39, 0.29) is 5.69 Å². The summed E-state index contributed by atoms with van der Waals surface area (Å²) >= 11 is 0. The van der Waals surface area contributed by atoms with E-state index >= 15 is 0 Å². The fourth-order valence-corrected chi connectivity index (χ4v) is 1.39. The maximum atomic E-state index is 10.6. The van der Waals surface area contributed by atoms with Crippen LogP contribution in [0.15, 0.2) is 12.3 Å². The fraction of sp³-hybridized carbons (Fsp3) is 0.545. The molecule has 0 aliphatic carbocycles. The van der Waals surface area contributed by atoms with Gasteiger partial charge in [-0.3, -0.25) is 10.1 Å². The number of nitrogens with zero attached hydrogens (tertiary/aromatic N) is 3. The zero-order chi connectivity index (χ0) is 12.8. The van der Waals surface area contributed by atoms with Crippen LogP contribution in [0.1, 0.15) is 12.5 Å². The number of anilines is 1. The molecular weight excluding hydrogens is 222 g/mol. The molecule has 0 bridgehead atoms. The summed E-state index contributed by atoms with van der Waals surface area (Å²) in [5, 5.41) is 10.6. The van der Waals surface area contributed by atoms with E-state index in [1.165, 1.54) is 6.20 Å². The third-order valence-corrected chi connectivity index (χ3v) is 2.43. The van der Waals surface area contributed by atoms with Crippen molar-refractivity contribution in [2.45, 2.75) is 13.8 Å². The molecule has 0 unspecified atom stereocenters. The van der Waals surface area contributed by atoms with Crippen LogP contribution in [0.25, 0.3) is 0 Å². The smallest absolute Gasteiger partial charge is 0.290 e. The molecule has 0 saturated heterocycles. The van der Waals surface area contributed by atoms with Gasteiger partial charge >= 0.3 is 0 Å². The number of nitro groups is 1. The lowest BCUT2D eigenvalue weighted by molar-refractivity contribution is -0.385. The molecule has 0 amide bonds. The minimum atomic E-state index is -0.424. The predicted molar refractivity (Wildman–Crippen MR) is 65.4 cm³/mol. The largest absolute Gasteiger partial charge is 0.380 e. The van der Waals surface area contributed by atoms with Crippen LogP contribution in [0.3, 0.4) is 0 Å². The molecule has 6 nitrogen and oxygen atoms in total. The molecule has 6 heteroatoms. The second-order valence-electron chi connectivity index (χ2n) is 3.70. The Morgan fingerprint density at radius 2 is 2.29 bits per heavy atom. The molecule has 1 aromatic heterocycles. The normalized spacial score (nSPS) is 10.3. The minimum Gasteiger partial charge on any atom is -0.380 e. The first kappa shape index (κ1) is 13.4. The Hall–Kier alpha value is -1.69. The van der Waals surface area contributed by atoms with Crippen molar-refractivity contribution in [1.82, 2.24) is 4.98 Å². The summed E-state index contributed by atoms with van der Waals surface area (Å²) in [6.45, 7) is 5.65. The van der Waals surface area contributed by atoms with Crippen LogP contribution < -0.4 is 4.90 Å². The number of aryl methyl sites for hydroxylation is 1. The number of likely N-dealkylation sites (N-methyl/N-ethyl adjacent to an activating group) is 1. The summed E-state index contributed by atoms with van der Waals surface area (Å²) < 4.78 is 5.24. The molecule has 1 aromatic rings. The lowest BCUT2D eigenvalue weighted by Gasteiger charge is -2.18. The summed E-state index contributed by atoms with van der Waals surface area (Å²) in [7, 11) is 1.88. The van der Waals surface area contributed by atoms with E-state index in [0.29, 0.717) is 31.1 Å². The van der Waals surface area contributed by atoms with Crippen molar-refractivity contribution in [1.29, 1.82) is 0 Å². The van der Waals surface area contributed by atoms with Crippen LogP contribution in [-0.2, 0) is 4.74 Å². The molecule has 94 valence electrons. The Morgan fingerprint density at radius 3 is 2.82 bits per heavy atom. The maximum absolute atomic E-state index is 10.6. The zero-order valence-electron chi connectivity index (χ0n) is 10.3. The summed E-state index contributed by atoms with van der Waals surface area (Å²) in [5.41, 5.74) is 0.662. The van der Waals surface area contributed by atoms with Crippen molar-refractivity contribution < 1.29 is 9.66 Å². The van der Waals surface area contributed by atoms with Crippen molar-refractivity contribution in [3.8, 4) is 0 Å². The third-order valence-electron chi connectivity index (χ3n) is 2.43. The first-order valence-corrected chi connectivity index (χ1v) is 5.46. The highest BCUT2D eigenvalue weighted by Gasteiger charge is 2.12. The Bertz CT molecular complexity index is 396. The number of ether oxygens (including phenoxy) is 1. The van der Waals surface area contributed by atoms with Crippen LogP contribution in [0.5, 0.6) is 0 Å². The van der Waals surface area contributed by atoms with Gasteiger partial charge in [-0.05, 0) is 19.9 Å². The zero-order valence-corrected chi connectivity index (χ0v) is 10.3. The number of hydrogen-bond acceptors (Lipinski definition) is 5. The van der Waals surface area contributed by atoms with Gasteiger partial charge in [-0.1, -0.05) is 0 Å². The van der Waals surface area contributed by atoms with Crippen molar-refractivity contribution in [3.63, 3.8) is 0 Å². The second kappa shape index (κ2) is 6.15. The standard InChI is InChI=1S/C11H17N3O3/c1-4-17-6-5-13(3)11-7-9(2)10(8-12-11)14(15)16/h7-8H,4-6H2,1-3H3. The quantitative estimate of drug-likeness (QED) is 0.430. The highest BCUT2D eigenvalue weighted by molar-refractivity contribution is 5.48. The first-order valence-electron chi connectivity index (χ1n) is 5.46. The van der Waals surface area contributed by atoms with Gasteiger partial charge in [-0.2, -0.15) is 0 Å². The van der Waals surface area contributed by atoms with Crippen LogP contribution in [0.2, 0.25) is 0 Å². The topological polar surface area (TPSA) is 68.5 Å². The molecule has 17 heavy (non-hydrogen) atoms. The van der Waals surface area contributed by atoms with Crippen molar-refractivity contribution in [2.24, 2.45) is 0 Å². The molecule has 0 radical (unpaired) electrons. The summed E-state index contributed by atoms with van der Waals surface area (Å²) in [6, 6.07) is 1.71. The molecule has 0 saturated carbocycles. The first-order chi connectivity index (χ1) is 8.06. The van der Waals surface area contributed by atoms with Gasteiger partial charge in [0.15, 0.2) is 0 Å². The van der Waals surface area contributed by atoms with E-state index in [1.54, 1.807) is 13.0 Å². The van der Waals surface area contributed by atoms with Gasteiger partial charge in [0.2, 0.25) is 0 Å². The van der Waals surface area contributed by atoms with Crippen molar-refractivity contribution in [3.05, 3.63) is 27.9 Å². The summed E-state index contributed by atoms with van der Waals surface area (Å²) in [5.74, 6) is 0.716. The maximum Gasteiger partial charge on any atom is 0.290 e. The molecule has 1 rings (SSSR count). The number of rotatable bonds is 6. The summed E-state index contributed by atoms with van der Waals surface area (Å²) in [4.78, 5) is 16.2. The predicted octanol–water partition coefficient (Wildman–Crippen LogP) is 1.77. The van der Waals surface area contributed by atoms with Crippen LogP contribution >= 0.6 is 0 Å². The molecule has 0 aromatic carbocycles. The van der Waals surface area contributed by atoms with E-state index in [1.807, 2.05) is 18.9 Å². The van der Waals surface area contributed by atoms with E-state index in [2.05, 4.69) is 4.98 Å². The average molecular weight is 239 g/mol. The molecule has 0 spiro atoms. The van der Waals surface area contributed by atoms with Gasteiger partial charge in [-0.15, -0.1) is 0 Å². The molecule has 0 N–H and O–H groups in total. The van der Waals surface area contributed by atoms with E-state index in [4.69, 9.17) is 4.74 Å². The molecule has 0 aliphatic heterocycles. The molecular formula is C11H17N3O3. The Morgan fingerprint density at radius 1 is 1.59 bits per heavy atom.